The minimum atomic E-state index is -3.32. The summed E-state index contributed by atoms with van der Waals surface area (Å²) in [5.74, 6) is 0.234. The standard InChI is InChI=1S/C13H16N2O2S3/c1-10-8-14-13(19-10)11-4-2-6-15(9-11)20(16,17)12-5-3-7-18-12/h3,5,7-8,11H,2,4,6,9H2,1H3. The molecule has 108 valence electrons. The summed E-state index contributed by atoms with van der Waals surface area (Å²) in [6.07, 6.45) is 3.78. The topological polar surface area (TPSA) is 50.3 Å². The van der Waals surface area contributed by atoms with E-state index < -0.39 is 10.0 Å². The Morgan fingerprint density at radius 2 is 2.30 bits per heavy atom. The van der Waals surface area contributed by atoms with Crippen LogP contribution in [0.5, 0.6) is 0 Å². The van der Waals surface area contributed by atoms with E-state index >= 15 is 0 Å². The lowest BCUT2D eigenvalue weighted by Gasteiger charge is -2.30. The smallest absolute Gasteiger partial charge is 0.249 e. The van der Waals surface area contributed by atoms with Crippen LogP contribution in [0.4, 0.5) is 0 Å². The molecule has 0 N–H and O–H groups in total. The van der Waals surface area contributed by atoms with Crippen molar-refractivity contribution in [3.05, 3.63) is 33.6 Å². The van der Waals surface area contributed by atoms with Gasteiger partial charge in [-0.05, 0) is 31.2 Å². The van der Waals surface area contributed by atoms with Gasteiger partial charge in [0.2, 0.25) is 0 Å². The largest absolute Gasteiger partial charge is 0.252 e. The highest BCUT2D eigenvalue weighted by Gasteiger charge is 2.32. The molecule has 1 unspecified atom stereocenters. The maximum absolute atomic E-state index is 12.5. The van der Waals surface area contributed by atoms with Crippen LogP contribution in [0.1, 0.15) is 28.6 Å². The zero-order valence-corrected chi connectivity index (χ0v) is 13.6. The fourth-order valence-corrected chi connectivity index (χ4v) is 6.03. The zero-order valence-electron chi connectivity index (χ0n) is 11.2. The highest BCUT2D eigenvalue weighted by Crippen LogP contribution is 2.33. The second kappa shape index (κ2) is 5.55. The van der Waals surface area contributed by atoms with Crippen LogP contribution in [-0.2, 0) is 10.0 Å². The van der Waals surface area contributed by atoms with Crippen LogP contribution in [-0.4, -0.2) is 30.8 Å². The van der Waals surface area contributed by atoms with Gasteiger partial charge in [0.1, 0.15) is 4.21 Å². The van der Waals surface area contributed by atoms with Crippen molar-refractivity contribution < 1.29 is 8.42 Å². The minimum Gasteiger partial charge on any atom is -0.249 e. The monoisotopic (exact) mass is 328 g/mol. The van der Waals surface area contributed by atoms with E-state index in [2.05, 4.69) is 4.98 Å². The number of thiophene rings is 1. The second-order valence-corrected chi connectivity index (χ2v) is 9.32. The van der Waals surface area contributed by atoms with E-state index in [1.165, 1.54) is 16.2 Å². The molecule has 0 aliphatic carbocycles. The van der Waals surface area contributed by atoms with Crippen LogP contribution in [0.2, 0.25) is 0 Å². The molecule has 1 atom stereocenters. The van der Waals surface area contributed by atoms with Crippen molar-refractivity contribution in [1.82, 2.24) is 9.29 Å². The summed E-state index contributed by atoms with van der Waals surface area (Å²) in [6, 6.07) is 3.46. The second-order valence-electron chi connectivity index (χ2n) is 4.94. The van der Waals surface area contributed by atoms with Gasteiger partial charge in [-0.2, -0.15) is 4.31 Å². The number of hydrogen-bond acceptors (Lipinski definition) is 5. The summed E-state index contributed by atoms with van der Waals surface area (Å²) in [5.41, 5.74) is 0. The summed E-state index contributed by atoms with van der Waals surface area (Å²) in [7, 11) is -3.32. The van der Waals surface area contributed by atoms with Crippen LogP contribution in [0.15, 0.2) is 27.9 Å². The number of nitrogens with zero attached hydrogens (tertiary/aromatic N) is 2. The van der Waals surface area contributed by atoms with Gasteiger partial charge in [-0.25, -0.2) is 13.4 Å². The van der Waals surface area contributed by atoms with E-state index in [0.717, 1.165) is 17.8 Å². The minimum absolute atomic E-state index is 0.234. The number of hydrogen-bond donors (Lipinski definition) is 0. The molecule has 20 heavy (non-hydrogen) atoms. The first-order chi connectivity index (χ1) is 9.57. The molecular weight excluding hydrogens is 312 g/mol. The van der Waals surface area contributed by atoms with Gasteiger partial charge in [0.05, 0.1) is 5.01 Å². The normalized spacial score (nSPS) is 21.1. The maximum Gasteiger partial charge on any atom is 0.252 e. The van der Waals surface area contributed by atoms with E-state index in [1.54, 1.807) is 33.2 Å². The van der Waals surface area contributed by atoms with Crippen LogP contribution < -0.4 is 0 Å². The van der Waals surface area contributed by atoms with Crippen LogP contribution >= 0.6 is 22.7 Å². The Morgan fingerprint density at radius 3 is 2.95 bits per heavy atom. The molecule has 4 nitrogen and oxygen atoms in total. The Hall–Kier alpha value is -0.760. The van der Waals surface area contributed by atoms with Crippen molar-refractivity contribution in [3.8, 4) is 0 Å². The average molecular weight is 328 g/mol. The van der Waals surface area contributed by atoms with Crippen molar-refractivity contribution in [3.63, 3.8) is 0 Å². The number of sulfonamides is 1. The summed E-state index contributed by atoms with van der Waals surface area (Å²) in [4.78, 5) is 5.60. The molecule has 0 saturated carbocycles. The number of thiazole rings is 1. The summed E-state index contributed by atoms with van der Waals surface area (Å²) < 4.78 is 27.2. The molecule has 2 aromatic heterocycles. The lowest BCUT2D eigenvalue weighted by atomic mass is 10.0. The summed E-state index contributed by atoms with van der Waals surface area (Å²) in [6.45, 7) is 3.19. The van der Waals surface area contributed by atoms with Crippen molar-refractivity contribution in [2.24, 2.45) is 0 Å². The predicted octanol–water partition coefficient (Wildman–Crippen LogP) is 3.08. The third-order valence-corrected chi connectivity index (χ3v) is 7.78. The first-order valence-electron chi connectivity index (χ1n) is 6.53. The third-order valence-electron chi connectivity index (χ3n) is 3.46. The van der Waals surface area contributed by atoms with Gasteiger partial charge < -0.3 is 0 Å². The molecule has 3 heterocycles. The van der Waals surface area contributed by atoms with Crippen LogP contribution in [0.25, 0.3) is 0 Å². The van der Waals surface area contributed by atoms with Gasteiger partial charge in [0, 0.05) is 30.1 Å². The van der Waals surface area contributed by atoms with E-state index in [0.29, 0.717) is 17.3 Å². The molecule has 0 bridgehead atoms. The SMILES string of the molecule is Cc1cnc(C2CCCN(S(=O)(=O)c3cccs3)C2)s1. The molecule has 0 amide bonds. The van der Waals surface area contributed by atoms with Gasteiger partial charge >= 0.3 is 0 Å². The molecular formula is C13H16N2O2S3. The Kier molecular flexibility index (Phi) is 3.94. The Labute approximate surface area is 127 Å². The molecule has 0 aromatic carbocycles. The van der Waals surface area contributed by atoms with Gasteiger partial charge in [-0.1, -0.05) is 6.07 Å². The van der Waals surface area contributed by atoms with Crippen molar-refractivity contribution in [1.29, 1.82) is 0 Å². The van der Waals surface area contributed by atoms with Crippen molar-refractivity contribution >= 4 is 32.7 Å². The number of aromatic nitrogens is 1. The van der Waals surface area contributed by atoms with Gasteiger partial charge in [-0.3, -0.25) is 0 Å². The molecule has 1 aliphatic heterocycles. The van der Waals surface area contributed by atoms with Gasteiger partial charge in [0.15, 0.2) is 0 Å². The lowest BCUT2D eigenvalue weighted by molar-refractivity contribution is 0.316. The molecule has 1 aliphatic rings. The molecule has 0 spiro atoms. The highest BCUT2D eigenvalue weighted by atomic mass is 32.2. The Morgan fingerprint density at radius 1 is 1.45 bits per heavy atom. The molecule has 0 radical (unpaired) electrons. The van der Waals surface area contributed by atoms with E-state index in [-0.39, 0.29) is 5.92 Å². The molecule has 2 aromatic rings. The summed E-state index contributed by atoms with van der Waals surface area (Å²) in [5, 5.41) is 2.87. The molecule has 7 heteroatoms. The average Bonchev–Trinajstić information content (AvgIpc) is 3.10. The molecule has 3 rings (SSSR count). The van der Waals surface area contributed by atoms with Crippen LogP contribution in [0.3, 0.4) is 0 Å². The van der Waals surface area contributed by atoms with E-state index in [4.69, 9.17) is 0 Å². The lowest BCUT2D eigenvalue weighted by Crippen LogP contribution is -2.38. The van der Waals surface area contributed by atoms with Crippen LogP contribution in [0, 0.1) is 6.92 Å². The molecule has 1 fully saturated rings. The van der Waals surface area contributed by atoms with Gasteiger partial charge in [0.25, 0.3) is 10.0 Å². The van der Waals surface area contributed by atoms with Crippen molar-refractivity contribution in [2.75, 3.05) is 13.1 Å². The quantitative estimate of drug-likeness (QED) is 0.870. The van der Waals surface area contributed by atoms with Crippen molar-refractivity contribution in [2.45, 2.75) is 29.9 Å². The highest BCUT2D eigenvalue weighted by molar-refractivity contribution is 7.91. The number of rotatable bonds is 3. The summed E-state index contributed by atoms with van der Waals surface area (Å²) >= 11 is 2.96. The maximum atomic E-state index is 12.5. The Balaban J connectivity index is 1.82. The predicted molar refractivity (Wildman–Crippen MR) is 81.9 cm³/mol. The first kappa shape index (κ1) is 14.2. The fraction of sp³-hybridized carbons (Fsp3) is 0.462. The first-order valence-corrected chi connectivity index (χ1v) is 9.67. The van der Waals surface area contributed by atoms with E-state index in [1.807, 2.05) is 13.1 Å². The van der Waals surface area contributed by atoms with Gasteiger partial charge in [-0.15, -0.1) is 22.7 Å². The zero-order chi connectivity index (χ0) is 14.2. The fourth-order valence-electron chi connectivity index (χ4n) is 2.46. The third kappa shape index (κ3) is 2.67. The molecule has 1 saturated heterocycles. The Bertz CT molecular complexity index is 676. The number of piperidine rings is 1. The van der Waals surface area contributed by atoms with E-state index in [9.17, 15) is 8.42 Å². The number of aryl methyl sites for hydroxylation is 1.